The van der Waals surface area contributed by atoms with Crippen LogP contribution in [0, 0.1) is 0 Å². The highest BCUT2D eigenvalue weighted by molar-refractivity contribution is 5.49. The lowest BCUT2D eigenvalue weighted by Gasteiger charge is -1.98. The zero-order valence-electron chi connectivity index (χ0n) is 5.63. The van der Waals surface area contributed by atoms with Crippen LogP contribution in [0.5, 0.6) is 0 Å². The molecule has 0 radical (unpaired) electrons. The van der Waals surface area contributed by atoms with E-state index in [4.69, 9.17) is 9.47 Å². The Hall–Kier alpha value is -0.410. The smallest absolute Gasteiger partial charge is 0.122 e. The maximum atomic E-state index is 9.73. The Morgan fingerprint density at radius 2 is 2.11 bits per heavy atom. The predicted octanol–water partition coefficient (Wildman–Crippen LogP) is 0.238. The first-order chi connectivity index (χ1) is 4.41. The fraction of sp³-hybridized carbons (Fsp3) is 0.833. The van der Waals surface area contributed by atoms with Crippen LogP contribution < -0.4 is 0 Å². The van der Waals surface area contributed by atoms with E-state index in [1.165, 1.54) is 0 Å². The van der Waals surface area contributed by atoms with Gasteiger partial charge >= 0.3 is 0 Å². The van der Waals surface area contributed by atoms with E-state index in [-0.39, 0.29) is 0 Å². The van der Waals surface area contributed by atoms with E-state index in [0.29, 0.717) is 26.2 Å². The van der Waals surface area contributed by atoms with Gasteiger partial charge in [-0.2, -0.15) is 0 Å². The standard InChI is InChI=1S/C6H12O3/c1-8-5-6-9-4-2-3-7/h3H,2,4-6H2,1H3. The Bertz CT molecular complexity index is 63.3. The molecule has 0 aliphatic heterocycles. The molecule has 0 saturated carbocycles. The van der Waals surface area contributed by atoms with Crippen LogP contribution in [-0.4, -0.2) is 33.2 Å². The number of carbonyl (C=O) groups is 1. The lowest BCUT2D eigenvalue weighted by atomic mass is 10.5. The molecule has 0 aliphatic carbocycles. The SMILES string of the molecule is COCCOCCC=O. The van der Waals surface area contributed by atoms with Crippen molar-refractivity contribution in [2.45, 2.75) is 6.42 Å². The first kappa shape index (κ1) is 8.59. The molecule has 0 fully saturated rings. The van der Waals surface area contributed by atoms with Crippen LogP contribution in [0.15, 0.2) is 0 Å². The van der Waals surface area contributed by atoms with Crippen LogP contribution in [0.2, 0.25) is 0 Å². The highest BCUT2D eigenvalue weighted by atomic mass is 16.5. The second-order valence-corrected chi connectivity index (χ2v) is 1.56. The van der Waals surface area contributed by atoms with Crippen molar-refractivity contribution in [1.82, 2.24) is 0 Å². The summed E-state index contributed by atoms with van der Waals surface area (Å²) in [6.45, 7) is 1.68. The Labute approximate surface area is 55.0 Å². The zero-order valence-corrected chi connectivity index (χ0v) is 5.63. The fourth-order valence-electron chi connectivity index (χ4n) is 0.376. The molecule has 0 bridgehead atoms. The minimum atomic E-state index is 0.476. The molecule has 0 unspecified atom stereocenters. The van der Waals surface area contributed by atoms with Gasteiger partial charge in [0.05, 0.1) is 19.8 Å². The molecule has 0 saturated heterocycles. The Morgan fingerprint density at radius 3 is 2.67 bits per heavy atom. The summed E-state index contributed by atoms with van der Waals surface area (Å²) < 4.78 is 9.67. The molecule has 0 amide bonds. The van der Waals surface area contributed by atoms with E-state index in [0.717, 1.165) is 6.29 Å². The Morgan fingerprint density at radius 1 is 1.33 bits per heavy atom. The molecule has 0 N–H and O–H groups in total. The highest BCUT2D eigenvalue weighted by Crippen LogP contribution is 1.77. The van der Waals surface area contributed by atoms with Gasteiger partial charge in [0.15, 0.2) is 0 Å². The maximum Gasteiger partial charge on any atom is 0.122 e. The molecule has 0 aromatic carbocycles. The molecule has 9 heavy (non-hydrogen) atoms. The lowest BCUT2D eigenvalue weighted by Crippen LogP contribution is -2.02. The number of carbonyl (C=O) groups excluding carboxylic acids is 1. The Balaban J connectivity index is 2.66. The number of ether oxygens (including phenoxy) is 2. The number of aldehydes is 1. The van der Waals surface area contributed by atoms with Gasteiger partial charge in [-0.25, -0.2) is 0 Å². The second kappa shape index (κ2) is 7.59. The number of hydrogen-bond acceptors (Lipinski definition) is 3. The average Bonchev–Trinajstić information content (AvgIpc) is 1.89. The minimum Gasteiger partial charge on any atom is -0.382 e. The van der Waals surface area contributed by atoms with Gasteiger partial charge in [-0.1, -0.05) is 0 Å². The predicted molar refractivity (Wildman–Crippen MR) is 33.4 cm³/mol. The molecule has 0 heterocycles. The van der Waals surface area contributed by atoms with E-state index >= 15 is 0 Å². The van der Waals surface area contributed by atoms with Gasteiger partial charge in [0, 0.05) is 13.5 Å². The number of rotatable bonds is 6. The summed E-state index contributed by atoms with van der Waals surface area (Å²) in [5.74, 6) is 0. The van der Waals surface area contributed by atoms with Crippen LogP contribution in [0.4, 0.5) is 0 Å². The molecular formula is C6H12O3. The van der Waals surface area contributed by atoms with E-state index < -0.39 is 0 Å². The van der Waals surface area contributed by atoms with Crippen molar-refractivity contribution in [1.29, 1.82) is 0 Å². The monoisotopic (exact) mass is 132 g/mol. The summed E-state index contributed by atoms with van der Waals surface area (Å²) in [4.78, 5) is 9.73. The molecule has 0 spiro atoms. The summed E-state index contributed by atoms with van der Waals surface area (Å²) in [7, 11) is 1.61. The fourth-order valence-corrected chi connectivity index (χ4v) is 0.376. The van der Waals surface area contributed by atoms with Gasteiger partial charge in [0.1, 0.15) is 6.29 Å². The minimum absolute atomic E-state index is 0.476. The quantitative estimate of drug-likeness (QED) is 0.383. The molecule has 0 atom stereocenters. The van der Waals surface area contributed by atoms with Crippen molar-refractivity contribution in [2.75, 3.05) is 26.9 Å². The molecule has 0 rings (SSSR count). The van der Waals surface area contributed by atoms with E-state index in [1.807, 2.05) is 0 Å². The number of hydrogen-bond donors (Lipinski definition) is 0. The van der Waals surface area contributed by atoms with Crippen molar-refractivity contribution in [3.8, 4) is 0 Å². The topological polar surface area (TPSA) is 35.5 Å². The van der Waals surface area contributed by atoms with Crippen LogP contribution >= 0.6 is 0 Å². The van der Waals surface area contributed by atoms with Crippen LogP contribution in [0.25, 0.3) is 0 Å². The molecule has 54 valence electrons. The van der Waals surface area contributed by atoms with E-state index in [2.05, 4.69) is 0 Å². The van der Waals surface area contributed by atoms with Crippen LogP contribution in [0.1, 0.15) is 6.42 Å². The van der Waals surface area contributed by atoms with Gasteiger partial charge in [-0.05, 0) is 0 Å². The van der Waals surface area contributed by atoms with Crippen molar-refractivity contribution in [2.24, 2.45) is 0 Å². The first-order valence-corrected chi connectivity index (χ1v) is 2.92. The van der Waals surface area contributed by atoms with Gasteiger partial charge in [-0.15, -0.1) is 0 Å². The van der Waals surface area contributed by atoms with E-state index in [9.17, 15) is 4.79 Å². The van der Waals surface area contributed by atoms with E-state index in [1.54, 1.807) is 7.11 Å². The molecule has 0 aromatic heterocycles. The summed E-state index contributed by atoms with van der Waals surface area (Å²) in [5.41, 5.74) is 0. The average molecular weight is 132 g/mol. The third-order valence-electron chi connectivity index (χ3n) is 0.812. The van der Waals surface area contributed by atoms with Gasteiger partial charge in [0.25, 0.3) is 0 Å². The maximum absolute atomic E-state index is 9.73. The lowest BCUT2D eigenvalue weighted by molar-refractivity contribution is -0.108. The second-order valence-electron chi connectivity index (χ2n) is 1.56. The van der Waals surface area contributed by atoms with Gasteiger partial charge in [-0.3, -0.25) is 0 Å². The summed E-state index contributed by atoms with van der Waals surface area (Å²) in [6, 6.07) is 0. The van der Waals surface area contributed by atoms with Crippen molar-refractivity contribution in [3.05, 3.63) is 0 Å². The number of methoxy groups -OCH3 is 1. The van der Waals surface area contributed by atoms with Crippen LogP contribution in [-0.2, 0) is 14.3 Å². The molecule has 3 heteroatoms. The molecule has 3 nitrogen and oxygen atoms in total. The zero-order chi connectivity index (χ0) is 6.95. The van der Waals surface area contributed by atoms with Crippen molar-refractivity contribution >= 4 is 6.29 Å². The van der Waals surface area contributed by atoms with Crippen molar-refractivity contribution in [3.63, 3.8) is 0 Å². The normalized spacial score (nSPS) is 9.44. The third-order valence-corrected chi connectivity index (χ3v) is 0.812. The first-order valence-electron chi connectivity index (χ1n) is 2.92. The highest BCUT2D eigenvalue weighted by Gasteiger charge is 1.84. The summed E-state index contributed by atoms with van der Waals surface area (Å²) in [6.07, 6.45) is 1.32. The van der Waals surface area contributed by atoms with Gasteiger partial charge in [0.2, 0.25) is 0 Å². The summed E-state index contributed by atoms with van der Waals surface area (Å²) in [5, 5.41) is 0. The molecular weight excluding hydrogens is 120 g/mol. The Kier molecular flexibility index (Phi) is 7.24. The van der Waals surface area contributed by atoms with Crippen LogP contribution in [0.3, 0.4) is 0 Å². The van der Waals surface area contributed by atoms with Crippen molar-refractivity contribution < 1.29 is 14.3 Å². The van der Waals surface area contributed by atoms with Gasteiger partial charge < -0.3 is 14.3 Å². The largest absolute Gasteiger partial charge is 0.382 e. The summed E-state index contributed by atoms with van der Waals surface area (Å²) >= 11 is 0. The third kappa shape index (κ3) is 7.59. The molecule has 0 aromatic rings. The molecule has 0 aliphatic rings.